The number of hydrogen-bond donors (Lipinski definition) is 3. The normalized spacial score (nSPS) is 11.4. The third kappa shape index (κ3) is 4.70. The second-order valence-corrected chi connectivity index (χ2v) is 7.23. The minimum Gasteiger partial charge on any atom is -0.508 e. The number of nitrogens with zero attached hydrogens (tertiary/aromatic N) is 6. The van der Waals surface area contributed by atoms with Crippen LogP contribution in [0.15, 0.2) is 58.3 Å². The Morgan fingerprint density at radius 2 is 2.03 bits per heavy atom. The van der Waals surface area contributed by atoms with Crippen LogP contribution in [0.2, 0.25) is 0 Å². The predicted octanol–water partition coefficient (Wildman–Crippen LogP) is 2.55. The van der Waals surface area contributed by atoms with E-state index in [2.05, 4.69) is 35.8 Å². The van der Waals surface area contributed by atoms with Crippen molar-refractivity contribution in [2.75, 3.05) is 12.3 Å². The van der Waals surface area contributed by atoms with Crippen molar-refractivity contribution in [2.45, 2.75) is 20.3 Å². The Bertz CT molecular complexity index is 1330. The van der Waals surface area contributed by atoms with E-state index in [4.69, 9.17) is 10.5 Å². The standard InChI is InChI=1S/C22H22N8O4/c1-3-11-33-17-9-7-14(8-10-17)19-18(25-29-30(19)21-20(23)27-34-28-21)22(32)26-24-13(2)15-5-4-6-16(31)12-15/h4-10,12,31H,3,11H2,1-2H3,(H2,23,27)(H,26,32)/b24-13+. The number of amides is 1. The molecule has 0 aliphatic rings. The van der Waals surface area contributed by atoms with Crippen molar-refractivity contribution in [1.82, 2.24) is 30.7 Å². The first-order valence-corrected chi connectivity index (χ1v) is 10.4. The number of benzene rings is 2. The van der Waals surface area contributed by atoms with E-state index in [1.54, 1.807) is 49.4 Å². The van der Waals surface area contributed by atoms with Crippen LogP contribution < -0.4 is 15.9 Å². The topological polar surface area (TPSA) is 167 Å². The summed E-state index contributed by atoms with van der Waals surface area (Å²) in [7, 11) is 0. The zero-order valence-electron chi connectivity index (χ0n) is 18.5. The second kappa shape index (κ2) is 9.81. The number of ether oxygens (including phenoxy) is 1. The molecule has 12 nitrogen and oxygen atoms in total. The SMILES string of the molecule is CCCOc1ccc(-c2c(C(=O)N/N=C(\C)c3cccc(O)c3)nnn2-c2nonc2N)cc1. The summed E-state index contributed by atoms with van der Waals surface area (Å²) in [6.45, 7) is 4.30. The van der Waals surface area contributed by atoms with E-state index in [0.717, 1.165) is 6.42 Å². The summed E-state index contributed by atoms with van der Waals surface area (Å²) >= 11 is 0. The number of hydrogen-bond acceptors (Lipinski definition) is 10. The number of aromatic nitrogens is 5. The van der Waals surface area contributed by atoms with Crippen LogP contribution in [-0.2, 0) is 0 Å². The molecule has 1 amide bonds. The molecule has 2 aromatic carbocycles. The van der Waals surface area contributed by atoms with Gasteiger partial charge in [0.15, 0.2) is 5.69 Å². The molecule has 2 aromatic heterocycles. The molecule has 0 atom stereocenters. The lowest BCUT2D eigenvalue weighted by Crippen LogP contribution is -2.21. The van der Waals surface area contributed by atoms with Gasteiger partial charge in [0.25, 0.3) is 5.91 Å². The van der Waals surface area contributed by atoms with E-state index in [1.807, 2.05) is 6.92 Å². The van der Waals surface area contributed by atoms with Gasteiger partial charge in [0, 0.05) is 11.1 Å². The lowest BCUT2D eigenvalue weighted by molar-refractivity contribution is 0.0950. The molecule has 0 aliphatic heterocycles. The molecule has 0 saturated heterocycles. The van der Waals surface area contributed by atoms with E-state index < -0.39 is 5.91 Å². The molecule has 0 spiro atoms. The van der Waals surface area contributed by atoms with Crippen molar-refractivity contribution in [3.63, 3.8) is 0 Å². The molecule has 2 heterocycles. The number of anilines is 1. The average molecular weight is 462 g/mol. The molecular weight excluding hydrogens is 440 g/mol. The Labute approximate surface area is 194 Å². The summed E-state index contributed by atoms with van der Waals surface area (Å²) in [5.41, 5.74) is 10.4. The van der Waals surface area contributed by atoms with Gasteiger partial charge >= 0.3 is 0 Å². The molecule has 0 aliphatic carbocycles. The maximum atomic E-state index is 13.0. The summed E-state index contributed by atoms with van der Waals surface area (Å²) in [5.74, 6) is 0.242. The minimum atomic E-state index is -0.609. The molecule has 174 valence electrons. The molecule has 0 saturated carbocycles. The van der Waals surface area contributed by atoms with Gasteiger partial charge in [-0.05, 0) is 60.1 Å². The van der Waals surface area contributed by atoms with E-state index in [-0.39, 0.29) is 23.1 Å². The van der Waals surface area contributed by atoms with Crippen molar-refractivity contribution in [3.8, 4) is 28.6 Å². The van der Waals surface area contributed by atoms with Crippen LogP contribution >= 0.6 is 0 Å². The van der Waals surface area contributed by atoms with Crippen molar-refractivity contribution >= 4 is 17.4 Å². The maximum absolute atomic E-state index is 13.0. The number of nitrogens with two attached hydrogens (primary N) is 1. The van der Waals surface area contributed by atoms with E-state index in [9.17, 15) is 9.90 Å². The van der Waals surface area contributed by atoms with Crippen molar-refractivity contribution in [3.05, 3.63) is 59.8 Å². The Kier molecular flexibility index (Phi) is 6.48. The summed E-state index contributed by atoms with van der Waals surface area (Å²) in [6.07, 6.45) is 0.879. The van der Waals surface area contributed by atoms with Crippen LogP contribution in [0.5, 0.6) is 11.5 Å². The highest BCUT2D eigenvalue weighted by Gasteiger charge is 2.25. The van der Waals surface area contributed by atoms with Gasteiger partial charge in [-0.15, -0.1) is 5.10 Å². The smallest absolute Gasteiger partial charge is 0.294 e. The van der Waals surface area contributed by atoms with Crippen molar-refractivity contribution < 1.29 is 19.3 Å². The lowest BCUT2D eigenvalue weighted by atomic mass is 10.1. The summed E-state index contributed by atoms with van der Waals surface area (Å²) in [5, 5.41) is 29.2. The van der Waals surface area contributed by atoms with Gasteiger partial charge in [0.2, 0.25) is 11.6 Å². The molecule has 4 aromatic rings. The summed E-state index contributed by atoms with van der Waals surface area (Å²) < 4.78 is 11.6. The van der Waals surface area contributed by atoms with Gasteiger partial charge in [-0.25, -0.2) is 10.1 Å². The number of hydrazone groups is 1. The first kappa shape index (κ1) is 22.5. The number of carbonyl (C=O) groups is 1. The fourth-order valence-electron chi connectivity index (χ4n) is 3.09. The number of phenolic OH excluding ortho intramolecular Hbond substituents is 1. The monoisotopic (exact) mass is 462 g/mol. The van der Waals surface area contributed by atoms with Crippen LogP contribution in [0.25, 0.3) is 17.1 Å². The highest BCUT2D eigenvalue weighted by Crippen LogP contribution is 2.28. The number of nitrogens with one attached hydrogen (secondary N) is 1. The Morgan fingerprint density at radius 1 is 1.24 bits per heavy atom. The number of aromatic hydroxyl groups is 1. The Hall–Kier alpha value is -4.74. The summed E-state index contributed by atoms with van der Waals surface area (Å²) in [4.78, 5) is 13.0. The molecule has 12 heteroatoms. The molecule has 0 fully saturated rings. The molecule has 4 N–H and O–H groups in total. The van der Waals surface area contributed by atoms with Crippen LogP contribution in [0, 0.1) is 0 Å². The van der Waals surface area contributed by atoms with Gasteiger partial charge in [-0.2, -0.15) is 9.78 Å². The molecule has 0 bridgehead atoms. The van der Waals surface area contributed by atoms with Gasteiger partial charge < -0.3 is 15.6 Å². The molecule has 34 heavy (non-hydrogen) atoms. The number of phenols is 1. The van der Waals surface area contributed by atoms with Gasteiger partial charge in [-0.3, -0.25) is 4.79 Å². The van der Waals surface area contributed by atoms with E-state index >= 15 is 0 Å². The van der Waals surface area contributed by atoms with E-state index in [0.29, 0.717) is 34.9 Å². The van der Waals surface area contributed by atoms with E-state index in [1.165, 1.54) is 10.7 Å². The van der Waals surface area contributed by atoms with Crippen LogP contribution in [0.1, 0.15) is 36.3 Å². The summed E-state index contributed by atoms with van der Waals surface area (Å²) in [6, 6.07) is 13.6. The Balaban J connectivity index is 1.68. The third-order valence-corrected chi connectivity index (χ3v) is 4.77. The Morgan fingerprint density at radius 3 is 2.71 bits per heavy atom. The highest BCUT2D eigenvalue weighted by molar-refractivity contribution is 6.02. The van der Waals surface area contributed by atoms with Gasteiger partial charge in [-0.1, -0.05) is 24.3 Å². The first-order valence-electron chi connectivity index (χ1n) is 10.4. The predicted molar refractivity (Wildman–Crippen MR) is 123 cm³/mol. The zero-order chi connectivity index (χ0) is 24.1. The fraction of sp³-hybridized carbons (Fsp3) is 0.182. The number of rotatable bonds is 8. The minimum absolute atomic E-state index is 0.0150. The van der Waals surface area contributed by atoms with Crippen molar-refractivity contribution in [2.24, 2.45) is 5.10 Å². The molecule has 4 rings (SSSR count). The lowest BCUT2D eigenvalue weighted by Gasteiger charge is -2.08. The van der Waals surface area contributed by atoms with Gasteiger partial charge in [0.05, 0.1) is 12.3 Å². The quantitative estimate of drug-likeness (QED) is 0.263. The molecular formula is C22H22N8O4. The van der Waals surface area contributed by atoms with Crippen LogP contribution in [-0.4, -0.2) is 48.6 Å². The number of carbonyl (C=O) groups excluding carboxylic acids is 1. The molecule has 0 radical (unpaired) electrons. The third-order valence-electron chi connectivity index (χ3n) is 4.77. The highest BCUT2D eigenvalue weighted by atomic mass is 16.6. The first-order chi connectivity index (χ1) is 16.5. The number of nitrogen functional groups attached to an aromatic ring is 1. The van der Waals surface area contributed by atoms with Crippen molar-refractivity contribution in [1.29, 1.82) is 0 Å². The molecule has 0 unspecified atom stereocenters. The van der Waals surface area contributed by atoms with Crippen LogP contribution in [0.4, 0.5) is 5.82 Å². The fourth-order valence-corrected chi connectivity index (χ4v) is 3.09. The van der Waals surface area contributed by atoms with Crippen LogP contribution in [0.3, 0.4) is 0 Å². The zero-order valence-corrected chi connectivity index (χ0v) is 18.5. The largest absolute Gasteiger partial charge is 0.508 e. The second-order valence-electron chi connectivity index (χ2n) is 7.23. The average Bonchev–Trinajstić information content (AvgIpc) is 3.47. The van der Waals surface area contributed by atoms with Gasteiger partial charge in [0.1, 0.15) is 17.2 Å². The maximum Gasteiger partial charge on any atom is 0.294 e.